The van der Waals surface area contributed by atoms with E-state index in [0.717, 1.165) is 0 Å². The van der Waals surface area contributed by atoms with Crippen molar-refractivity contribution in [2.45, 2.75) is 17.2 Å². The maximum Gasteiger partial charge on any atom is 1.00 e. The predicted molar refractivity (Wildman–Crippen MR) is 80.6 cm³/mol. The van der Waals surface area contributed by atoms with Crippen molar-refractivity contribution in [3.8, 4) is 5.75 Å². The summed E-state index contributed by atoms with van der Waals surface area (Å²) in [6.45, 7) is 0. The van der Waals surface area contributed by atoms with Gasteiger partial charge in [0.15, 0.2) is 5.78 Å². The van der Waals surface area contributed by atoms with E-state index in [1.54, 1.807) is 6.07 Å². The van der Waals surface area contributed by atoms with E-state index in [1.165, 1.54) is 24.3 Å². The van der Waals surface area contributed by atoms with Gasteiger partial charge in [0.25, 0.3) is 0 Å². The van der Waals surface area contributed by atoms with Gasteiger partial charge in [0.05, 0.1) is 15.4 Å². The van der Waals surface area contributed by atoms with Crippen LogP contribution in [0.15, 0.2) is 52.3 Å². The van der Waals surface area contributed by atoms with E-state index in [4.69, 9.17) is 0 Å². The van der Waals surface area contributed by atoms with E-state index in [-0.39, 0.29) is 78.2 Å². The monoisotopic (exact) mass is 418 g/mol. The van der Waals surface area contributed by atoms with Crippen LogP contribution in [0.2, 0.25) is 0 Å². The molecule has 130 valence electrons. The molecule has 12 heteroatoms. The standard InChI is InChI=1S/C13H10O8S2.CH4.2Na/c14-10-7-12(23(19,20)21)11(22(16,17)18)6-9(10)13(15)8-4-2-1-3-5-8;;;/h1-7,14H,(H,16,17,18)(H,19,20,21);1H4;;/q;;2*+1/p-2. The molecule has 0 saturated heterocycles. The van der Waals surface area contributed by atoms with E-state index in [1.807, 2.05) is 0 Å². The van der Waals surface area contributed by atoms with Gasteiger partial charge in [-0.05, 0) is 12.1 Å². The summed E-state index contributed by atoms with van der Waals surface area (Å²) in [5.74, 6) is -1.77. The number of aromatic hydroxyl groups is 1. The minimum Gasteiger partial charge on any atom is -0.744 e. The molecule has 0 fully saturated rings. The second-order valence-electron chi connectivity index (χ2n) is 4.42. The van der Waals surface area contributed by atoms with Crippen LogP contribution >= 0.6 is 0 Å². The molecule has 0 bridgehead atoms. The first-order chi connectivity index (χ1) is 10.5. The summed E-state index contributed by atoms with van der Waals surface area (Å²) in [7, 11) is -10.7. The molecule has 1 N–H and O–H groups in total. The first-order valence-corrected chi connectivity index (χ1v) is 8.72. The van der Waals surface area contributed by atoms with Gasteiger partial charge < -0.3 is 14.2 Å². The van der Waals surface area contributed by atoms with Crippen LogP contribution < -0.4 is 59.1 Å². The molecule has 0 unspecified atom stereocenters. The molecule has 0 amide bonds. The number of phenolic OH excluding ortho intramolecular Hbond substituents is 1. The third-order valence-corrected chi connectivity index (χ3v) is 4.76. The topological polar surface area (TPSA) is 152 Å². The number of benzene rings is 2. The molecule has 0 aromatic heterocycles. The van der Waals surface area contributed by atoms with Gasteiger partial charge in [-0.3, -0.25) is 4.79 Å². The number of rotatable bonds is 4. The second kappa shape index (κ2) is 10.3. The molecule has 0 heterocycles. The Kier molecular flexibility index (Phi) is 11.1. The first kappa shape index (κ1) is 27.9. The Morgan fingerprint density at radius 2 is 1.27 bits per heavy atom. The molecule has 0 aliphatic rings. The number of carbonyl (C=O) groups excluding carboxylic acids is 1. The van der Waals surface area contributed by atoms with Crippen LogP contribution in [0, 0.1) is 0 Å². The largest absolute Gasteiger partial charge is 1.00 e. The maximum absolute atomic E-state index is 12.2. The summed E-state index contributed by atoms with van der Waals surface area (Å²) in [5.41, 5.74) is -0.548. The van der Waals surface area contributed by atoms with Crippen molar-refractivity contribution >= 4 is 26.0 Å². The SMILES string of the molecule is C.O=C(c1ccccc1)c1cc(S(=O)(=O)[O-])c(S(=O)(=O)[O-])cc1O.[Na+].[Na+]. The van der Waals surface area contributed by atoms with Crippen LogP contribution in [-0.4, -0.2) is 36.8 Å². The minimum atomic E-state index is -5.36. The summed E-state index contributed by atoms with van der Waals surface area (Å²) in [6, 6.07) is 8.02. The summed E-state index contributed by atoms with van der Waals surface area (Å²) >= 11 is 0. The number of phenols is 1. The molecule has 0 atom stereocenters. The Balaban J connectivity index is 0. The van der Waals surface area contributed by atoms with Crippen LogP contribution in [0.4, 0.5) is 0 Å². The summed E-state index contributed by atoms with van der Waals surface area (Å²) in [6.07, 6.45) is 0. The molecule has 26 heavy (non-hydrogen) atoms. The molecule has 2 aromatic rings. The van der Waals surface area contributed by atoms with Crippen molar-refractivity contribution in [2.24, 2.45) is 0 Å². The van der Waals surface area contributed by atoms with E-state index in [0.29, 0.717) is 6.07 Å². The van der Waals surface area contributed by atoms with Crippen LogP contribution in [-0.2, 0) is 20.2 Å². The van der Waals surface area contributed by atoms with E-state index in [9.17, 15) is 35.8 Å². The van der Waals surface area contributed by atoms with E-state index < -0.39 is 47.1 Å². The predicted octanol–water partition coefficient (Wildman–Crippen LogP) is -4.92. The van der Waals surface area contributed by atoms with E-state index >= 15 is 0 Å². The minimum absolute atomic E-state index is 0. The van der Waals surface area contributed by atoms with Crippen molar-refractivity contribution in [2.75, 3.05) is 0 Å². The molecule has 0 spiro atoms. The summed E-state index contributed by atoms with van der Waals surface area (Å²) in [5, 5.41) is 9.76. The fraction of sp³-hybridized carbons (Fsp3) is 0.0714. The van der Waals surface area contributed by atoms with Gasteiger partial charge in [0, 0.05) is 5.56 Å². The van der Waals surface area contributed by atoms with Crippen molar-refractivity contribution < 1.29 is 95.0 Å². The zero-order chi connectivity index (χ0) is 17.4. The average Bonchev–Trinajstić information content (AvgIpc) is 2.45. The van der Waals surface area contributed by atoms with Crippen molar-refractivity contribution in [3.05, 3.63) is 53.6 Å². The van der Waals surface area contributed by atoms with Crippen LogP contribution in [0.25, 0.3) is 0 Å². The van der Waals surface area contributed by atoms with Gasteiger partial charge in [0.2, 0.25) is 0 Å². The molecule has 2 rings (SSSR count). The summed E-state index contributed by atoms with van der Waals surface area (Å²) in [4.78, 5) is 9.43. The Labute approximate surface area is 195 Å². The van der Waals surface area contributed by atoms with Crippen molar-refractivity contribution in [1.82, 2.24) is 0 Å². The third-order valence-electron chi connectivity index (χ3n) is 2.88. The number of hydrogen-bond donors (Lipinski definition) is 1. The molecule has 8 nitrogen and oxygen atoms in total. The fourth-order valence-corrected chi connectivity index (χ4v) is 3.61. The number of carbonyl (C=O) groups is 1. The Bertz CT molecular complexity index is 987. The van der Waals surface area contributed by atoms with Gasteiger partial charge in [-0.25, -0.2) is 16.8 Å². The van der Waals surface area contributed by atoms with E-state index in [2.05, 4.69) is 0 Å². The van der Waals surface area contributed by atoms with Gasteiger partial charge in [-0.2, -0.15) is 0 Å². The maximum atomic E-state index is 12.2. The van der Waals surface area contributed by atoms with Crippen molar-refractivity contribution in [3.63, 3.8) is 0 Å². The Morgan fingerprint density at radius 1 is 0.846 bits per heavy atom. The zero-order valence-corrected chi connectivity index (χ0v) is 18.8. The zero-order valence-electron chi connectivity index (χ0n) is 13.2. The van der Waals surface area contributed by atoms with Gasteiger partial charge >= 0.3 is 59.1 Å². The van der Waals surface area contributed by atoms with Gasteiger partial charge in [0.1, 0.15) is 26.0 Å². The first-order valence-electron chi connectivity index (χ1n) is 5.90. The Hall–Kier alpha value is -0.270. The van der Waals surface area contributed by atoms with Crippen LogP contribution in [0.5, 0.6) is 5.75 Å². The smallest absolute Gasteiger partial charge is 0.744 e. The molecular formula is C14H12Na2O8S2. The molecule has 0 radical (unpaired) electrons. The third kappa shape index (κ3) is 6.41. The molecule has 0 aliphatic heterocycles. The fourth-order valence-electron chi connectivity index (χ4n) is 1.87. The van der Waals surface area contributed by atoms with Crippen LogP contribution in [0.3, 0.4) is 0 Å². The normalized spacial score (nSPS) is 10.7. The van der Waals surface area contributed by atoms with Gasteiger partial charge in [-0.15, -0.1) is 0 Å². The van der Waals surface area contributed by atoms with Crippen LogP contribution in [0.1, 0.15) is 23.3 Å². The summed E-state index contributed by atoms with van der Waals surface area (Å²) < 4.78 is 66.7. The van der Waals surface area contributed by atoms with Gasteiger partial charge in [-0.1, -0.05) is 37.8 Å². The average molecular weight is 418 g/mol. The Morgan fingerprint density at radius 3 is 1.69 bits per heavy atom. The number of hydrogen-bond acceptors (Lipinski definition) is 8. The molecule has 2 aromatic carbocycles. The molecular weight excluding hydrogens is 406 g/mol. The quantitative estimate of drug-likeness (QED) is 0.295. The number of ketones is 1. The van der Waals surface area contributed by atoms with Crippen molar-refractivity contribution in [1.29, 1.82) is 0 Å². The molecule has 0 saturated carbocycles. The molecule has 0 aliphatic carbocycles. The second-order valence-corrected chi connectivity index (χ2v) is 7.12.